The van der Waals surface area contributed by atoms with Crippen LogP contribution in [-0.2, 0) is 0 Å². The van der Waals surface area contributed by atoms with Crippen molar-refractivity contribution in [2.75, 3.05) is 26.6 Å². The summed E-state index contributed by atoms with van der Waals surface area (Å²) in [5, 5.41) is 2.82. The summed E-state index contributed by atoms with van der Waals surface area (Å²) in [5.74, 6) is 0.769. The van der Waals surface area contributed by atoms with E-state index in [4.69, 9.17) is 14.2 Å². The van der Waals surface area contributed by atoms with Crippen LogP contribution in [0.3, 0.4) is 0 Å². The van der Waals surface area contributed by atoms with E-state index < -0.39 is 0 Å². The Balaban J connectivity index is 2.33. The highest BCUT2D eigenvalue weighted by Crippen LogP contribution is 2.25. The summed E-state index contributed by atoms with van der Waals surface area (Å²) in [4.78, 5) is 20.8. The Bertz CT molecular complexity index is 686. The van der Waals surface area contributed by atoms with Crippen molar-refractivity contribution in [2.24, 2.45) is 0 Å². The number of ether oxygens (including phenoxy) is 3. The number of nitrogens with zero attached hydrogens (tertiary/aromatic N) is 2. The SMILES string of the molecule is COc1cc(OC)cc(C(=O)Nc2c(C)nc(OC)nc2C)c1. The lowest BCUT2D eigenvalue weighted by Gasteiger charge is -2.12. The molecule has 122 valence electrons. The van der Waals surface area contributed by atoms with Crippen LogP contribution in [-0.4, -0.2) is 37.2 Å². The second-order valence-corrected chi connectivity index (χ2v) is 4.81. The lowest BCUT2D eigenvalue weighted by Crippen LogP contribution is -2.15. The van der Waals surface area contributed by atoms with Gasteiger partial charge in [0.25, 0.3) is 5.91 Å². The van der Waals surface area contributed by atoms with E-state index in [2.05, 4.69) is 15.3 Å². The Morgan fingerprint density at radius 2 is 1.43 bits per heavy atom. The Kier molecular flexibility index (Phi) is 5.00. The van der Waals surface area contributed by atoms with Gasteiger partial charge < -0.3 is 19.5 Å². The van der Waals surface area contributed by atoms with Gasteiger partial charge in [0, 0.05) is 11.6 Å². The molecule has 2 rings (SSSR count). The number of rotatable bonds is 5. The summed E-state index contributed by atoms with van der Waals surface area (Å²) >= 11 is 0. The second kappa shape index (κ2) is 6.95. The first kappa shape index (κ1) is 16.5. The molecule has 0 unspecified atom stereocenters. The molecule has 0 aliphatic heterocycles. The summed E-state index contributed by atoms with van der Waals surface area (Å²) in [5.41, 5.74) is 2.21. The Morgan fingerprint density at radius 3 is 1.87 bits per heavy atom. The maximum atomic E-state index is 12.5. The van der Waals surface area contributed by atoms with Crippen molar-refractivity contribution in [3.63, 3.8) is 0 Å². The fourth-order valence-electron chi connectivity index (χ4n) is 2.08. The van der Waals surface area contributed by atoms with Gasteiger partial charge >= 0.3 is 6.01 Å². The van der Waals surface area contributed by atoms with Gasteiger partial charge in [0.15, 0.2) is 0 Å². The fourth-order valence-corrected chi connectivity index (χ4v) is 2.08. The number of methoxy groups -OCH3 is 3. The van der Waals surface area contributed by atoms with Crippen LogP contribution in [0.15, 0.2) is 18.2 Å². The zero-order chi connectivity index (χ0) is 17.0. The number of amides is 1. The largest absolute Gasteiger partial charge is 0.497 e. The number of anilines is 1. The Hall–Kier alpha value is -2.83. The first-order valence-electron chi connectivity index (χ1n) is 6.92. The molecule has 0 saturated carbocycles. The zero-order valence-electron chi connectivity index (χ0n) is 13.8. The summed E-state index contributed by atoms with van der Waals surface area (Å²) in [6.07, 6.45) is 0. The quantitative estimate of drug-likeness (QED) is 0.911. The molecule has 0 aliphatic carbocycles. The van der Waals surface area contributed by atoms with Crippen molar-refractivity contribution in [1.29, 1.82) is 0 Å². The minimum absolute atomic E-state index is 0.265. The molecule has 0 bridgehead atoms. The number of hydrogen-bond donors (Lipinski definition) is 1. The second-order valence-electron chi connectivity index (χ2n) is 4.81. The summed E-state index contributed by atoms with van der Waals surface area (Å²) in [6, 6.07) is 5.23. The number of nitrogens with one attached hydrogen (secondary N) is 1. The molecule has 1 aromatic carbocycles. The number of carbonyl (C=O) groups is 1. The highest BCUT2D eigenvalue weighted by molar-refractivity contribution is 6.05. The minimum atomic E-state index is -0.304. The van der Waals surface area contributed by atoms with Crippen molar-refractivity contribution >= 4 is 11.6 Å². The molecule has 0 atom stereocenters. The van der Waals surface area contributed by atoms with E-state index in [1.807, 2.05) is 0 Å². The van der Waals surface area contributed by atoms with Crippen LogP contribution in [0, 0.1) is 13.8 Å². The van der Waals surface area contributed by atoms with E-state index in [0.717, 1.165) is 0 Å². The maximum Gasteiger partial charge on any atom is 0.316 e. The summed E-state index contributed by atoms with van der Waals surface area (Å²) in [6.45, 7) is 3.55. The molecule has 0 saturated heterocycles. The molecule has 1 heterocycles. The summed E-state index contributed by atoms with van der Waals surface area (Å²) < 4.78 is 15.4. The number of hydrogen-bond acceptors (Lipinski definition) is 6. The van der Waals surface area contributed by atoms with Gasteiger partial charge in [-0.05, 0) is 26.0 Å². The van der Waals surface area contributed by atoms with E-state index in [9.17, 15) is 4.79 Å². The molecule has 7 heteroatoms. The highest BCUT2D eigenvalue weighted by Gasteiger charge is 2.15. The average Bonchev–Trinajstić information content (AvgIpc) is 2.56. The van der Waals surface area contributed by atoms with Crippen LogP contribution in [0.2, 0.25) is 0 Å². The van der Waals surface area contributed by atoms with Crippen LogP contribution in [0.1, 0.15) is 21.7 Å². The van der Waals surface area contributed by atoms with E-state index in [0.29, 0.717) is 34.1 Å². The van der Waals surface area contributed by atoms with Crippen LogP contribution < -0.4 is 19.5 Å². The topological polar surface area (TPSA) is 82.6 Å². The summed E-state index contributed by atoms with van der Waals surface area (Å²) in [7, 11) is 4.55. The van der Waals surface area contributed by atoms with Gasteiger partial charge in [0.2, 0.25) is 0 Å². The molecule has 0 spiro atoms. The zero-order valence-corrected chi connectivity index (χ0v) is 13.8. The smallest absolute Gasteiger partial charge is 0.316 e. The molecule has 1 N–H and O–H groups in total. The molecule has 0 fully saturated rings. The van der Waals surface area contributed by atoms with Gasteiger partial charge in [0.05, 0.1) is 38.4 Å². The molecule has 1 amide bonds. The number of benzene rings is 1. The molecular formula is C16H19N3O4. The monoisotopic (exact) mass is 317 g/mol. The van der Waals surface area contributed by atoms with Gasteiger partial charge in [-0.15, -0.1) is 0 Å². The van der Waals surface area contributed by atoms with Crippen molar-refractivity contribution in [2.45, 2.75) is 13.8 Å². The van der Waals surface area contributed by atoms with Gasteiger partial charge in [-0.2, -0.15) is 9.97 Å². The van der Waals surface area contributed by atoms with Gasteiger partial charge in [-0.25, -0.2) is 0 Å². The van der Waals surface area contributed by atoms with Gasteiger partial charge in [0.1, 0.15) is 11.5 Å². The van der Waals surface area contributed by atoms with Crippen molar-refractivity contribution < 1.29 is 19.0 Å². The molecule has 1 aromatic heterocycles. The number of carbonyl (C=O) groups excluding carboxylic acids is 1. The lowest BCUT2D eigenvalue weighted by atomic mass is 10.1. The van der Waals surface area contributed by atoms with Gasteiger partial charge in [-0.3, -0.25) is 4.79 Å². The average molecular weight is 317 g/mol. The normalized spacial score (nSPS) is 10.1. The molecule has 7 nitrogen and oxygen atoms in total. The predicted molar refractivity (Wildman–Crippen MR) is 85.6 cm³/mol. The van der Waals surface area contributed by atoms with E-state index in [1.54, 1.807) is 32.0 Å². The van der Waals surface area contributed by atoms with Crippen molar-refractivity contribution in [3.05, 3.63) is 35.2 Å². The molecule has 23 heavy (non-hydrogen) atoms. The van der Waals surface area contributed by atoms with E-state index in [-0.39, 0.29) is 11.9 Å². The van der Waals surface area contributed by atoms with E-state index >= 15 is 0 Å². The third kappa shape index (κ3) is 3.68. The first-order valence-corrected chi connectivity index (χ1v) is 6.92. The van der Waals surface area contributed by atoms with E-state index in [1.165, 1.54) is 21.3 Å². The molecule has 2 aromatic rings. The number of aromatic nitrogens is 2. The highest BCUT2D eigenvalue weighted by atomic mass is 16.5. The fraction of sp³-hybridized carbons (Fsp3) is 0.312. The van der Waals surface area contributed by atoms with Gasteiger partial charge in [-0.1, -0.05) is 0 Å². The predicted octanol–water partition coefficient (Wildman–Crippen LogP) is 2.37. The Morgan fingerprint density at radius 1 is 0.913 bits per heavy atom. The van der Waals surface area contributed by atoms with Crippen molar-refractivity contribution in [1.82, 2.24) is 9.97 Å². The third-order valence-electron chi connectivity index (χ3n) is 3.29. The van der Waals surface area contributed by atoms with Crippen LogP contribution >= 0.6 is 0 Å². The first-order chi connectivity index (χ1) is 11.0. The minimum Gasteiger partial charge on any atom is -0.497 e. The third-order valence-corrected chi connectivity index (χ3v) is 3.29. The number of aryl methyl sites for hydroxylation is 2. The Labute approximate surface area is 134 Å². The standard InChI is InChI=1S/C16H19N3O4/c1-9-14(10(2)18-16(17-9)23-5)19-15(20)11-6-12(21-3)8-13(7-11)22-4/h6-8H,1-5H3,(H,19,20). The molecule has 0 aliphatic rings. The van der Waals surface area contributed by atoms with Crippen LogP contribution in [0.25, 0.3) is 0 Å². The lowest BCUT2D eigenvalue weighted by molar-refractivity contribution is 0.102. The van der Waals surface area contributed by atoms with Crippen LogP contribution in [0.5, 0.6) is 17.5 Å². The molecule has 0 radical (unpaired) electrons. The molecular weight excluding hydrogens is 298 g/mol. The van der Waals surface area contributed by atoms with Crippen molar-refractivity contribution in [3.8, 4) is 17.5 Å². The maximum absolute atomic E-state index is 12.5. The van der Waals surface area contributed by atoms with Crippen LogP contribution in [0.4, 0.5) is 5.69 Å².